The van der Waals surface area contributed by atoms with Gasteiger partial charge in [0.25, 0.3) is 17.7 Å². The van der Waals surface area contributed by atoms with Gasteiger partial charge in [0, 0.05) is 71.0 Å². The van der Waals surface area contributed by atoms with Crippen LogP contribution in [0.15, 0.2) is 36.2 Å². The highest BCUT2D eigenvalue weighted by molar-refractivity contribution is 7.13. The minimum atomic E-state index is -1.13. The number of thiazole rings is 1. The van der Waals surface area contributed by atoms with Gasteiger partial charge in [0.2, 0.25) is 0 Å². The van der Waals surface area contributed by atoms with E-state index >= 15 is 0 Å². The molecular weight excluding hydrogens is 576 g/mol. The zero-order chi connectivity index (χ0) is 30.5. The first-order chi connectivity index (χ1) is 20.7. The summed E-state index contributed by atoms with van der Waals surface area (Å²) in [6, 6.07) is 1.76. The summed E-state index contributed by atoms with van der Waals surface area (Å²) in [5.74, 6) is -1.24. The van der Waals surface area contributed by atoms with Gasteiger partial charge in [0.1, 0.15) is 5.69 Å². The predicted molar refractivity (Wildman–Crippen MR) is 154 cm³/mol. The molecule has 16 heteroatoms. The first-order valence-electron chi connectivity index (χ1n) is 13.6. The highest BCUT2D eigenvalue weighted by Gasteiger charge is 2.29. The molecule has 0 unspecified atom stereocenters. The number of carbonyl (C=O) groups is 4. The number of carboxylic acid groups (broad SMARTS) is 1. The number of amides is 3. The second-order valence-electron chi connectivity index (χ2n) is 9.88. The lowest BCUT2D eigenvalue weighted by atomic mass is 10.1. The summed E-state index contributed by atoms with van der Waals surface area (Å²) in [4.78, 5) is 64.0. The summed E-state index contributed by atoms with van der Waals surface area (Å²) in [5, 5.41) is 22.3. The van der Waals surface area contributed by atoms with Gasteiger partial charge in [-0.05, 0) is 18.9 Å². The van der Waals surface area contributed by atoms with E-state index in [9.17, 15) is 19.2 Å². The number of carboxylic acids is 1. The van der Waals surface area contributed by atoms with Gasteiger partial charge in [-0.3, -0.25) is 23.7 Å². The van der Waals surface area contributed by atoms with Gasteiger partial charge < -0.3 is 20.2 Å². The van der Waals surface area contributed by atoms with Crippen molar-refractivity contribution in [3.8, 4) is 10.8 Å². The second-order valence-corrected chi connectivity index (χ2v) is 10.7. The third-order valence-corrected chi connectivity index (χ3v) is 7.91. The third-order valence-electron chi connectivity index (χ3n) is 7.02. The molecule has 224 valence electrons. The van der Waals surface area contributed by atoms with Crippen LogP contribution in [0.5, 0.6) is 0 Å². The number of aromatic nitrogens is 7. The zero-order valence-corrected chi connectivity index (χ0v) is 24.5. The summed E-state index contributed by atoms with van der Waals surface area (Å²) in [5.41, 5.74) is 1.61. The second kappa shape index (κ2) is 12.9. The van der Waals surface area contributed by atoms with Crippen LogP contribution in [-0.4, -0.2) is 106 Å². The molecule has 4 aromatic rings. The van der Waals surface area contributed by atoms with Crippen molar-refractivity contribution >= 4 is 35.0 Å². The monoisotopic (exact) mass is 606 g/mol. The van der Waals surface area contributed by atoms with E-state index in [0.29, 0.717) is 37.4 Å². The number of carbonyl (C=O) groups excluding carboxylic acids is 3. The highest BCUT2D eigenvalue weighted by Crippen LogP contribution is 2.20. The Balaban J connectivity index is 0.000000207. The first-order valence-corrected chi connectivity index (χ1v) is 14.5. The number of nitrogens with one attached hydrogen (secondary N) is 1. The van der Waals surface area contributed by atoms with Gasteiger partial charge >= 0.3 is 5.97 Å². The molecule has 0 bridgehead atoms. The van der Waals surface area contributed by atoms with Crippen LogP contribution >= 0.6 is 11.3 Å². The SMILES string of the molecule is Cn1ncc(C(=O)N2CCC2)c1C(=O)NCCc1csc(-c2ncccn2)n1.Cn1ncc(C(=O)N2CCC2)c1C(=O)O. The Labute approximate surface area is 250 Å². The van der Waals surface area contributed by atoms with E-state index in [4.69, 9.17) is 5.11 Å². The minimum Gasteiger partial charge on any atom is -0.477 e. The fourth-order valence-corrected chi connectivity index (χ4v) is 5.21. The van der Waals surface area contributed by atoms with Crippen molar-refractivity contribution in [2.75, 3.05) is 32.7 Å². The fraction of sp³-hybridized carbons (Fsp3) is 0.370. The third kappa shape index (κ3) is 6.43. The molecule has 3 amide bonds. The topological polar surface area (TPSA) is 181 Å². The summed E-state index contributed by atoms with van der Waals surface area (Å²) in [6.07, 6.45) is 8.67. The van der Waals surface area contributed by atoms with E-state index < -0.39 is 5.97 Å². The Kier molecular flexibility index (Phi) is 8.85. The molecule has 0 atom stereocenters. The van der Waals surface area contributed by atoms with E-state index in [1.807, 2.05) is 5.38 Å². The Hall–Kier alpha value is -4.99. The van der Waals surface area contributed by atoms with Crippen molar-refractivity contribution in [3.63, 3.8) is 0 Å². The molecular formula is C27H30N10O5S. The zero-order valence-electron chi connectivity index (χ0n) is 23.6. The molecule has 2 aliphatic rings. The van der Waals surface area contributed by atoms with Crippen LogP contribution in [0.25, 0.3) is 10.8 Å². The van der Waals surface area contributed by atoms with E-state index in [1.165, 1.54) is 40.1 Å². The fourth-order valence-electron chi connectivity index (χ4n) is 4.41. The maximum absolute atomic E-state index is 12.6. The van der Waals surface area contributed by atoms with Gasteiger partial charge in [-0.1, -0.05) is 0 Å². The minimum absolute atomic E-state index is 0.0492. The largest absolute Gasteiger partial charge is 0.477 e. The summed E-state index contributed by atoms with van der Waals surface area (Å²) >= 11 is 1.47. The average Bonchev–Trinajstić information content (AvgIpc) is 3.66. The molecule has 0 aromatic carbocycles. The van der Waals surface area contributed by atoms with Crippen LogP contribution in [-0.2, 0) is 20.5 Å². The van der Waals surface area contributed by atoms with Crippen LogP contribution in [0.2, 0.25) is 0 Å². The van der Waals surface area contributed by atoms with Crippen molar-refractivity contribution < 1.29 is 24.3 Å². The van der Waals surface area contributed by atoms with Crippen LogP contribution in [0.4, 0.5) is 0 Å². The van der Waals surface area contributed by atoms with E-state index in [0.717, 1.165) is 36.6 Å². The van der Waals surface area contributed by atoms with Crippen molar-refractivity contribution in [1.29, 1.82) is 0 Å². The maximum Gasteiger partial charge on any atom is 0.354 e. The quantitative estimate of drug-likeness (QED) is 0.295. The number of hydrogen-bond acceptors (Lipinski definition) is 10. The lowest BCUT2D eigenvalue weighted by Crippen LogP contribution is -2.43. The lowest BCUT2D eigenvalue weighted by molar-refractivity contribution is 0.0621. The molecule has 0 spiro atoms. The van der Waals surface area contributed by atoms with Crippen LogP contribution < -0.4 is 5.32 Å². The van der Waals surface area contributed by atoms with Crippen molar-refractivity contribution in [2.24, 2.45) is 14.1 Å². The van der Waals surface area contributed by atoms with Gasteiger partial charge in [0.15, 0.2) is 16.5 Å². The number of hydrogen-bond donors (Lipinski definition) is 2. The molecule has 2 saturated heterocycles. The van der Waals surface area contributed by atoms with Crippen LogP contribution in [0.3, 0.4) is 0 Å². The van der Waals surface area contributed by atoms with Crippen LogP contribution in [0.1, 0.15) is 60.2 Å². The molecule has 43 heavy (non-hydrogen) atoms. The lowest BCUT2D eigenvalue weighted by Gasteiger charge is -2.30. The van der Waals surface area contributed by atoms with Crippen molar-refractivity contribution in [1.82, 2.24) is 49.6 Å². The number of likely N-dealkylation sites (tertiary alicyclic amines) is 2. The first kappa shape index (κ1) is 29.5. The Morgan fingerprint density at radius 2 is 1.44 bits per heavy atom. The molecule has 0 saturated carbocycles. The average molecular weight is 607 g/mol. The van der Waals surface area contributed by atoms with Gasteiger partial charge in [-0.2, -0.15) is 10.2 Å². The predicted octanol–water partition coefficient (Wildman–Crippen LogP) is 1.12. The molecule has 6 heterocycles. The molecule has 4 aromatic heterocycles. The Morgan fingerprint density at radius 3 is 1.98 bits per heavy atom. The highest BCUT2D eigenvalue weighted by atomic mass is 32.1. The summed E-state index contributed by atoms with van der Waals surface area (Å²) in [6.45, 7) is 3.26. The maximum atomic E-state index is 12.6. The van der Waals surface area contributed by atoms with Crippen molar-refractivity contribution in [2.45, 2.75) is 19.3 Å². The number of aromatic carboxylic acids is 1. The van der Waals surface area contributed by atoms with Crippen molar-refractivity contribution in [3.05, 3.63) is 64.4 Å². The molecule has 6 rings (SSSR count). The van der Waals surface area contributed by atoms with Crippen LogP contribution in [0, 0.1) is 0 Å². The Morgan fingerprint density at radius 1 is 0.884 bits per heavy atom. The molecule has 2 N–H and O–H groups in total. The molecule has 0 aliphatic carbocycles. The van der Waals surface area contributed by atoms with E-state index in [-0.39, 0.29) is 34.7 Å². The standard InChI is InChI=1S/C18H19N7O2S.C9H11N3O3/c1-24-14(13(10-22-24)18(27)25-8-3-9-25)16(26)21-7-4-12-11-28-17(23-12)15-19-5-2-6-20-15;1-11-7(9(14)15)6(5-10-11)8(13)12-3-2-4-12/h2,5-6,10-11H,3-4,7-9H2,1H3,(H,21,26);5H,2-4H2,1H3,(H,14,15). The summed E-state index contributed by atoms with van der Waals surface area (Å²) < 4.78 is 2.64. The number of aryl methyl sites for hydroxylation is 2. The van der Waals surface area contributed by atoms with Gasteiger partial charge in [-0.25, -0.2) is 19.7 Å². The smallest absolute Gasteiger partial charge is 0.354 e. The normalized spacial score (nSPS) is 13.8. The number of nitrogens with zero attached hydrogens (tertiary/aromatic N) is 9. The number of rotatable bonds is 8. The molecule has 15 nitrogen and oxygen atoms in total. The molecule has 0 radical (unpaired) electrons. The summed E-state index contributed by atoms with van der Waals surface area (Å²) in [7, 11) is 3.17. The van der Waals surface area contributed by atoms with E-state index in [1.54, 1.807) is 35.3 Å². The van der Waals surface area contributed by atoms with Gasteiger partial charge in [-0.15, -0.1) is 11.3 Å². The molecule has 2 aliphatic heterocycles. The van der Waals surface area contributed by atoms with E-state index in [2.05, 4.69) is 30.5 Å². The van der Waals surface area contributed by atoms with Gasteiger partial charge in [0.05, 0.1) is 29.2 Å². The molecule has 2 fully saturated rings. The Bertz CT molecular complexity index is 1640.